The van der Waals surface area contributed by atoms with E-state index in [1.54, 1.807) is 21.3 Å². The first-order valence-electron chi connectivity index (χ1n) is 7.85. The van der Waals surface area contributed by atoms with E-state index in [4.69, 9.17) is 0 Å². The van der Waals surface area contributed by atoms with Crippen LogP contribution in [0.4, 0.5) is 13.2 Å². The number of nitrogens with zero attached hydrogens (tertiary/aromatic N) is 6. The van der Waals surface area contributed by atoms with Crippen LogP contribution in [-0.2, 0) is 13.5 Å². The van der Waals surface area contributed by atoms with Crippen LogP contribution in [0.1, 0.15) is 17.1 Å². The first-order chi connectivity index (χ1) is 12.8. The molecule has 0 N–H and O–H groups in total. The smallest absolute Gasteiger partial charge is 0.406 e. The molecule has 3 heterocycles. The summed E-state index contributed by atoms with van der Waals surface area (Å²) in [6, 6.07) is 7.59. The Morgan fingerprint density at radius 3 is 2.48 bits per heavy atom. The molecule has 27 heavy (non-hydrogen) atoms. The van der Waals surface area contributed by atoms with Gasteiger partial charge in [-0.05, 0) is 30.7 Å². The minimum Gasteiger partial charge on any atom is -0.406 e. The highest BCUT2D eigenvalue weighted by molar-refractivity contribution is 7.19. The Morgan fingerprint density at radius 1 is 1.11 bits per heavy atom. The first-order valence-corrected chi connectivity index (χ1v) is 8.67. The number of halogens is 3. The average Bonchev–Trinajstić information content (AvgIpc) is 3.23. The Kier molecular flexibility index (Phi) is 4.10. The number of aromatic nitrogens is 6. The van der Waals surface area contributed by atoms with Crippen LogP contribution in [0.3, 0.4) is 0 Å². The summed E-state index contributed by atoms with van der Waals surface area (Å²) in [7, 11) is 1.84. The molecule has 0 spiro atoms. The predicted molar refractivity (Wildman–Crippen MR) is 91.5 cm³/mol. The highest BCUT2D eigenvalue weighted by Crippen LogP contribution is 2.27. The third kappa shape index (κ3) is 3.63. The maximum Gasteiger partial charge on any atom is 0.573 e. The van der Waals surface area contributed by atoms with Gasteiger partial charge in [0.2, 0.25) is 4.96 Å². The minimum absolute atomic E-state index is 0.264. The molecule has 4 rings (SSSR count). The van der Waals surface area contributed by atoms with Gasteiger partial charge in [-0.3, -0.25) is 4.68 Å². The topological polar surface area (TPSA) is 70.1 Å². The fraction of sp³-hybridized carbons (Fsp3) is 0.250. The molecule has 11 heteroatoms. The van der Waals surface area contributed by atoms with Gasteiger partial charge in [0.05, 0.1) is 11.4 Å². The third-order valence-corrected chi connectivity index (χ3v) is 4.72. The van der Waals surface area contributed by atoms with Crippen molar-refractivity contribution in [3.63, 3.8) is 0 Å². The molecule has 3 aromatic heterocycles. The Morgan fingerprint density at radius 2 is 1.85 bits per heavy atom. The molecule has 1 aromatic carbocycles. The van der Waals surface area contributed by atoms with Crippen molar-refractivity contribution in [3.8, 4) is 16.5 Å². The number of fused-ring (bicyclic) bond motifs is 1. The maximum atomic E-state index is 12.2. The van der Waals surface area contributed by atoms with E-state index < -0.39 is 6.36 Å². The van der Waals surface area contributed by atoms with Crippen LogP contribution in [0.15, 0.2) is 30.3 Å². The molecule has 0 aliphatic heterocycles. The first kappa shape index (κ1) is 17.5. The van der Waals surface area contributed by atoms with Gasteiger partial charge in [-0.25, -0.2) is 0 Å². The van der Waals surface area contributed by atoms with E-state index in [9.17, 15) is 13.2 Å². The standard InChI is InChI=1S/C16H13F3N6OS/c1-9-7-12(24(2)22-9)14-23-25-13(20-21-15(25)27-14)8-10-3-5-11(6-4-10)26-16(17,18)19/h3-7H,8H2,1-2H3. The number of ether oxygens (including phenoxy) is 1. The fourth-order valence-electron chi connectivity index (χ4n) is 2.67. The summed E-state index contributed by atoms with van der Waals surface area (Å²) in [5.41, 5.74) is 2.53. The quantitative estimate of drug-likeness (QED) is 0.531. The van der Waals surface area contributed by atoms with Gasteiger partial charge in [0.25, 0.3) is 0 Å². The zero-order valence-electron chi connectivity index (χ0n) is 14.2. The fourth-order valence-corrected chi connectivity index (χ4v) is 3.58. The SMILES string of the molecule is Cc1cc(-c2nn3c(Cc4ccc(OC(F)(F)F)cc4)nnc3s2)n(C)n1. The van der Waals surface area contributed by atoms with Crippen LogP contribution in [0.5, 0.6) is 5.75 Å². The van der Waals surface area contributed by atoms with E-state index in [1.165, 1.54) is 23.5 Å². The highest BCUT2D eigenvalue weighted by atomic mass is 32.1. The van der Waals surface area contributed by atoms with Gasteiger partial charge in [0, 0.05) is 13.5 Å². The zero-order valence-corrected chi connectivity index (χ0v) is 15.0. The molecule has 0 saturated heterocycles. The van der Waals surface area contributed by atoms with Crippen molar-refractivity contribution in [1.82, 2.24) is 29.6 Å². The monoisotopic (exact) mass is 394 g/mol. The molecule has 0 radical (unpaired) electrons. The lowest BCUT2D eigenvalue weighted by Gasteiger charge is -2.08. The summed E-state index contributed by atoms with van der Waals surface area (Å²) in [4.78, 5) is 0.635. The number of rotatable bonds is 4. The summed E-state index contributed by atoms with van der Waals surface area (Å²) in [5, 5.41) is 17.9. The maximum absolute atomic E-state index is 12.2. The van der Waals surface area contributed by atoms with Crippen LogP contribution in [0.2, 0.25) is 0 Å². The lowest BCUT2D eigenvalue weighted by Crippen LogP contribution is -2.17. The molecule has 4 aromatic rings. The summed E-state index contributed by atoms with van der Waals surface area (Å²) in [6.07, 6.45) is -4.33. The largest absolute Gasteiger partial charge is 0.573 e. The molecule has 7 nitrogen and oxygen atoms in total. The second kappa shape index (κ2) is 6.34. The van der Waals surface area contributed by atoms with Crippen molar-refractivity contribution >= 4 is 16.3 Å². The average molecular weight is 394 g/mol. The highest BCUT2D eigenvalue weighted by Gasteiger charge is 2.31. The Balaban J connectivity index is 1.58. The Hall–Kier alpha value is -2.95. The van der Waals surface area contributed by atoms with E-state index in [-0.39, 0.29) is 5.75 Å². The van der Waals surface area contributed by atoms with Crippen molar-refractivity contribution in [2.45, 2.75) is 19.7 Å². The number of alkyl halides is 3. The van der Waals surface area contributed by atoms with E-state index in [1.807, 2.05) is 20.0 Å². The molecule has 0 aliphatic carbocycles. The van der Waals surface area contributed by atoms with Crippen LogP contribution in [0.25, 0.3) is 15.7 Å². The van der Waals surface area contributed by atoms with Gasteiger partial charge < -0.3 is 4.74 Å². The number of benzene rings is 1. The van der Waals surface area contributed by atoms with Crippen molar-refractivity contribution in [2.24, 2.45) is 7.05 Å². The number of hydrogen-bond donors (Lipinski definition) is 0. The third-order valence-electron chi connectivity index (χ3n) is 3.80. The number of hydrogen-bond acceptors (Lipinski definition) is 6. The number of aryl methyl sites for hydroxylation is 2. The predicted octanol–water partition coefficient (Wildman–Crippen LogP) is 3.38. The van der Waals surface area contributed by atoms with E-state index in [2.05, 4.69) is 25.1 Å². The van der Waals surface area contributed by atoms with E-state index in [0.717, 1.165) is 22.0 Å². The Labute approximate surface area is 155 Å². The molecular formula is C16H13F3N6OS. The lowest BCUT2D eigenvalue weighted by atomic mass is 10.1. The van der Waals surface area contributed by atoms with Gasteiger partial charge in [-0.15, -0.1) is 23.4 Å². The molecule has 0 atom stereocenters. The molecule has 0 bridgehead atoms. The molecule has 140 valence electrons. The molecule has 0 fully saturated rings. The van der Waals surface area contributed by atoms with Gasteiger partial charge >= 0.3 is 6.36 Å². The normalized spacial score (nSPS) is 12.0. The van der Waals surface area contributed by atoms with E-state index >= 15 is 0 Å². The summed E-state index contributed by atoms with van der Waals surface area (Å²) < 4.78 is 44.0. The van der Waals surface area contributed by atoms with E-state index in [0.29, 0.717) is 17.2 Å². The van der Waals surface area contributed by atoms with Crippen LogP contribution in [0, 0.1) is 6.92 Å². The summed E-state index contributed by atoms with van der Waals surface area (Å²) in [6.45, 7) is 1.90. The van der Waals surface area contributed by atoms with Crippen molar-refractivity contribution < 1.29 is 17.9 Å². The summed E-state index contributed by atoms with van der Waals surface area (Å²) in [5.74, 6) is 0.330. The Bertz CT molecular complexity index is 1100. The lowest BCUT2D eigenvalue weighted by molar-refractivity contribution is -0.274. The van der Waals surface area contributed by atoms with Gasteiger partial charge in [-0.2, -0.15) is 14.7 Å². The minimum atomic E-state index is -4.71. The van der Waals surface area contributed by atoms with Crippen LogP contribution in [-0.4, -0.2) is 36.0 Å². The molecule has 0 saturated carbocycles. The second-order valence-corrected chi connectivity index (χ2v) is 6.84. The summed E-state index contributed by atoms with van der Waals surface area (Å²) >= 11 is 1.39. The van der Waals surface area contributed by atoms with Crippen LogP contribution < -0.4 is 4.74 Å². The van der Waals surface area contributed by atoms with Crippen LogP contribution >= 0.6 is 11.3 Å². The second-order valence-electron chi connectivity index (χ2n) is 5.88. The molecule has 0 aliphatic rings. The van der Waals surface area contributed by atoms with Gasteiger partial charge in [-0.1, -0.05) is 23.5 Å². The molecule has 0 amide bonds. The van der Waals surface area contributed by atoms with Gasteiger partial charge in [0.15, 0.2) is 10.8 Å². The molecular weight excluding hydrogens is 381 g/mol. The van der Waals surface area contributed by atoms with Crippen molar-refractivity contribution in [3.05, 3.63) is 47.4 Å². The zero-order chi connectivity index (χ0) is 19.2. The molecule has 0 unspecified atom stereocenters. The van der Waals surface area contributed by atoms with Crippen molar-refractivity contribution in [1.29, 1.82) is 0 Å². The van der Waals surface area contributed by atoms with Crippen molar-refractivity contribution in [2.75, 3.05) is 0 Å². The van der Waals surface area contributed by atoms with Gasteiger partial charge in [0.1, 0.15) is 5.75 Å².